The van der Waals surface area contributed by atoms with Gasteiger partial charge in [0.05, 0.1) is 28.4 Å². The number of hydrogen-bond acceptors (Lipinski definition) is 7. The summed E-state index contributed by atoms with van der Waals surface area (Å²) in [6.07, 6.45) is 4.16. The van der Waals surface area contributed by atoms with Crippen molar-refractivity contribution < 1.29 is 65.3 Å². The molecule has 1 aliphatic rings. The Morgan fingerprint density at radius 3 is 1.94 bits per heavy atom. The van der Waals surface area contributed by atoms with Gasteiger partial charge in [-0.05, 0) is 30.5 Å². The molecule has 0 bridgehead atoms. The van der Waals surface area contributed by atoms with Crippen LogP contribution in [0, 0.1) is 6.07 Å². The van der Waals surface area contributed by atoms with E-state index in [4.69, 9.17) is 18.9 Å². The Bertz CT molecular complexity index is 884. The van der Waals surface area contributed by atoms with Gasteiger partial charge < -0.3 is 28.0 Å². The summed E-state index contributed by atoms with van der Waals surface area (Å²) in [5, 5.41) is 0. The maximum absolute atomic E-state index is 9.92. The van der Waals surface area contributed by atoms with Crippen molar-refractivity contribution in [3.63, 3.8) is 0 Å². The van der Waals surface area contributed by atoms with Gasteiger partial charge in [-0.2, -0.15) is 11.6 Å². The Kier molecular flexibility index (Phi) is 12.4. The molecule has 3 rings (SSSR count). The summed E-state index contributed by atoms with van der Waals surface area (Å²) in [6, 6.07) is 11.3. The summed E-state index contributed by atoms with van der Waals surface area (Å²) in [5.41, 5.74) is 4.51. The largest absolute Gasteiger partial charge is 0.523 e. The third-order valence-electron chi connectivity index (χ3n) is 4.56. The molecule has 0 aliphatic heterocycles. The normalized spacial score (nSPS) is 11.9. The molecule has 0 unspecified atom stereocenters. The van der Waals surface area contributed by atoms with Crippen LogP contribution in [0.4, 0.5) is 0 Å². The van der Waals surface area contributed by atoms with Gasteiger partial charge in [0.25, 0.3) is 0 Å². The van der Waals surface area contributed by atoms with Crippen molar-refractivity contribution in [3.05, 3.63) is 53.1 Å². The monoisotopic (exact) mass is 524 g/mol. The van der Waals surface area contributed by atoms with E-state index in [1.54, 1.807) is 28.4 Å². The molecule has 31 heavy (non-hydrogen) atoms. The molecule has 1 aliphatic carbocycles. The zero-order valence-corrected chi connectivity index (χ0v) is 22.6. The van der Waals surface area contributed by atoms with Crippen LogP contribution in [0.3, 0.4) is 0 Å². The molecule has 9 heteroatoms. The first-order valence-electron chi connectivity index (χ1n) is 9.24. The quantitative estimate of drug-likeness (QED) is 0.389. The fourth-order valence-corrected chi connectivity index (χ4v) is 3.32. The number of aryl methyl sites for hydroxylation is 1. The number of rotatable bonds is 7. The third-order valence-corrected chi connectivity index (χ3v) is 5.23. The molecule has 0 saturated carbocycles. The second kappa shape index (κ2) is 13.9. The summed E-state index contributed by atoms with van der Waals surface area (Å²) in [5.74, 6) is 2.66. The fraction of sp³-hybridized carbons (Fsp3) is 0.364. The van der Waals surface area contributed by atoms with Crippen LogP contribution < -0.4 is 18.9 Å². The van der Waals surface area contributed by atoms with E-state index in [2.05, 4.69) is 27.3 Å². The van der Waals surface area contributed by atoms with E-state index in [9.17, 15) is 4.57 Å². The first-order chi connectivity index (χ1) is 14.5. The average Bonchev–Trinajstić information content (AvgIpc) is 2.81. The second-order valence-electron chi connectivity index (χ2n) is 6.15. The number of methoxy groups -OCH3 is 4. The van der Waals surface area contributed by atoms with Crippen LogP contribution in [0.1, 0.15) is 23.1 Å². The maximum Gasteiger partial charge on any atom is 0.318 e. The number of ether oxygens (including phenoxy) is 4. The molecule has 0 heterocycles. The van der Waals surface area contributed by atoms with E-state index in [1.165, 1.54) is 19.8 Å². The molecule has 7 nitrogen and oxygen atoms in total. The van der Waals surface area contributed by atoms with Crippen LogP contribution in [-0.4, -0.2) is 42.7 Å². The summed E-state index contributed by atoms with van der Waals surface area (Å²) >= 11 is 0. The van der Waals surface area contributed by atoms with Gasteiger partial charge in [-0.3, -0.25) is 4.57 Å². The Hall–Kier alpha value is -1.37. The van der Waals surface area contributed by atoms with E-state index in [1.807, 2.05) is 18.2 Å². The van der Waals surface area contributed by atoms with Crippen LogP contribution in [0.5, 0.6) is 23.0 Å². The van der Waals surface area contributed by atoms with Gasteiger partial charge in [-0.15, -0.1) is 17.7 Å². The number of allylic oxidation sites excluding steroid dienone is 1. The van der Waals surface area contributed by atoms with Crippen LogP contribution >= 0.6 is 8.25 Å². The molecule has 2 aromatic carbocycles. The molecule has 167 valence electrons. The first-order valence-corrected chi connectivity index (χ1v) is 10.5. The number of benzene rings is 2. The minimum Gasteiger partial charge on any atom is -0.523 e. The Balaban J connectivity index is 0.000000607. The standard InChI is InChI=1S/C20H21O4.C2H7O3P.Y/c1-21-15-8-9-17-13(10-15)6-5-7-16(17)14-11-18(22-2)20(24-4)19(12-14)23-3;1-4-6(3)5-2;/h7-9,11-12H,5-6H2,1-4H3;6H,1-2H3;/q-1;;. The number of hydrogen-bond donors (Lipinski definition) is 0. The zero-order valence-electron chi connectivity index (χ0n) is 18.7. The molecular weight excluding hydrogens is 496 g/mol. The van der Waals surface area contributed by atoms with Crippen molar-refractivity contribution in [2.24, 2.45) is 0 Å². The van der Waals surface area contributed by atoms with E-state index >= 15 is 0 Å². The first kappa shape index (κ1) is 27.7. The van der Waals surface area contributed by atoms with Crippen LogP contribution in [0.25, 0.3) is 5.57 Å². The number of fused-ring (bicyclic) bond motifs is 1. The van der Waals surface area contributed by atoms with Gasteiger partial charge >= 0.3 is 8.25 Å². The Morgan fingerprint density at radius 2 is 1.48 bits per heavy atom. The predicted octanol–water partition coefficient (Wildman–Crippen LogP) is 4.57. The molecule has 0 saturated heterocycles. The third kappa shape index (κ3) is 7.06. The van der Waals surface area contributed by atoms with Gasteiger partial charge in [0.2, 0.25) is 5.75 Å². The maximum atomic E-state index is 9.92. The topological polar surface area (TPSA) is 72.5 Å². The van der Waals surface area contributed by atoms with Crippen molar-refractivity contribution in [1.29, 1.82) is 0 Å². The molecule has 0 atom stereocenters. The predicted molar refractivity (Wildman–Crippen MR) is 116 cm³/mol. The van der Waals surface area contributed by atoms with Gasteiger partial charge in [0, 0.05) is 52.7 Å². The van der Waals surface area contributed by atoms with E-state index < -0.39 is 8.25 Å². The molecule has 0 amide bonds. The van der Waals surface area contributed by atoms with Crippen molar-refractivity contribution in [3.8, 4) is 23.0 Å². The minimum atomic E-state index is -2.12. The average molecular weight is 524 g/mol. The van der Waals surface area contributed by atoms with Crippen LogP contribution in [0.2, 0.25) is 0 Å². The SMILES string of the molecule is CO[PH](=O)OC.COc1[c-]c2c(cc1)C(c1cc(OC)c(OC)c(OC)c1)=CCC2.[Y]. The summed E-state index contributed by atoms with van der Waals surface area (Å²) in [6.45, 7) is 0. The summed E-state index contributed by atoms with van der Waals surface area (Å²) in [4.78, 5) is 0. The van der Waals surface area contributed by atoms with E-state index in [0.29, 0.717) is 17.2 Å². The van der Waals surface area contributed by atoms with Gasteiger partial charge in [-0.25, -0.2) is 0 Å². The summed E-state index contributed by atoms with van der Waals surface area (Å²) < 4.78 is 40.0. The minimum absolute atomic E-state index is 0. The zero-order chi connectivity index (χ0) is 22.1. The molecule has 0 spiro atoms. The van der Waals surface area contributed by atoms with E-state index in [0.717, 1.165) is 35.3 Å². The van der Waals surface area contributed by atoms with Crippen molar-refractivity contribution in [2.45, 2.75) is 12.8 Å². The van der Waals surface area contributed by atoms with Gasteiger partial charge in [0.1, 0.15) is 0 Å². The van der Waals surface area contributed by atoms with Crippen LogP contribution in [0.15, 0.2) is 30.3 Å². The Labute approximate surface area is 209 Å². The smallest absolute Gasteiger partial charge is 0.318 e. The fourth-order valence-electron chi connectivity index (χ4n) is 3.15. The van der Waals surface area contributed by atoms with Crippen molar-refractivity contribution >= 4 is 13.8 Å². The molecule has 0 aromatic heterocycles. The van der Waals surface area contributed by atoms with Crippen LogP contribution in [-0.2, 0) is 52.7 Å². The van der Waals surface area contributed by atoms with Crippen molar-refractivity contribution in [2.75, 3.05) is 42.7 Å². The van der Waals surface area contributed by atoms with Gasteiger partial charge in [0.15, 0.2) is 11.5 Å². The summed E-state index contributed by atoms with van der Waals surface area (Å²) in [7, 11) is 7.08. The van der Waals surface area contributed by atoms with Gasteiger partial charge in [-0.1, -0.05) is 11.6 Å². The molecule has 2 aromatic rings. The Morgan fingerprint density at radius 1 is 0.871 bits per heavy atom. The second-order valence-corrected chi connectivity index (χ2v) is 7.46. The van der Waals surface area contributed by atoms with Crippen molar-refractivity contribution in [1.82, 2.24) is 0 Å². The molecular formula is C22H28O7PY-. The molecule has 0 N–H and O–H groups in total. The molecule has 1 radical (unpaired) electrons. The van der Waals surface area contributed by atoms with E-state index in [-0.39, 0.29) is 32.7 Å². The molecule has 0 fully saturated rings.